The molecule has 1 saturated heterocycles. The zero-order chi connectivity index (χ0) is 25.6. The molecule has 6 heteroatoms. The number of ketones is 1. The van der Waals surface area contributed by atoms with E-state index in [0.29, 0.717) is 6.42 Å². The summed E-state index contributed by atoms with van der Waals surface area (Å²) >= 11 is 0. The molecule has 0 spiro atoms. The fourth-order valence-electron chi connectivity index (χ4n) is 4.69. The lowest BCUT2D eigenvalue weighted by Crippen LogP contribution is -2.52. The van der Waals surface area contributed by atoms with Crippen LogP contribution in [0.4, 0.5) is 0 Å². The summed E-state index contributed by atoms with van der Waals surface area (Å²) in [6, 6.07) is 0. The van der Waals surface area contributed by atoms with Gasteiger partial charge in [-0.3, -0.25) is 9.59 Å². The highest BCUT2D eigenvalue weighted by Crippen LogP contribution is 2.16. The van der Waals surface area contributed by atoms with Gasteiger partial charge in [0.15, 0.2) is 5.78 Å². The van der Waals surface area contributed by atoms with Gasteiger partial charge in [-0.2, -0.15) is 0 Å². The zero-order valence-corrected chi connectivity index (χ0v) is 22.5. The normalized spacial score (nSPS) is 20.3. The molecule has 2 N–H and O–H groups in total. The summed E-state index contributed by atoms with van der Waals surface area (Å²) in [5, 5.41) is 19.3. The van der Waals surface area contributed by atoms with Crippen molar-refractivity contribution >= 4 is 11.8 Å². The lowest BCUT2D eigenvalue weighted by molar-refractivity contribution is -0.177. The van der Waals surface area contributed by atoms with Crippen LogP contribution in [0.3, 0.4) is 0 Å². The number of hydrogen-bond acceptors (Lipinski definition) is 6. The number of rotatable bonds is 23. The predicted molar refractivity (Wildman–Crippen MR) is 140 cm³/mol. The van der Waals surface area contributed by atoms with Crippen LogP contribution in [0.5, 0.6) is 0 Å². The van der Waals surface area contributed by atoms with Crippen LogP contribution in [0.2, 0.25) is 0 Å². The monoisotopic (exact) mass is 498 g/mol. The molecule has 0 bridgehead atoms. The van der Waals surface area contributed by atoms with Crippen LogP contribution in [0.15, 0.2) is 0 Å². The van der Waals surface area contributed by atoms with E-state index in [1.807, 2.05) is 0 Å². The Bertz CT molecular complexity index is 523. The van der Waals surface area contributed by atoms with Gasteiger partial charge in [-0.1, -0.05) is 129 Å². The molecule has 0 unspecified atom stereocenters. The SMILES string of the molecule is CCCCCCCCCCCCCCCCCCCCCCC(=O)OC[C@H]1OCC(=O)[C@@H](O)[C@@H]1O. The van der Waals surface area contributed by atoms with Crippen LogP contribution in [0, 0.1) is 0 Å². The van der Waals surface area contributed by atoms with E-state index >= 15 is 0 Å². The first-order chi connectivity index (χ1) is 17.1. The van der Waals surface area contributed by atoms with Crippen LogP contribution in [0.1, 0.15) is 142 Å². The maximum Gasteiger partial charge on any atom is 0.305 e. The molecule has 1 rings (SSSR count). The fourth-order valence-corrected chi connectivity index (χ4v) is 4.69. The number of esters is 1. The standard InChI is InChI=1S/C29H54O6/c1-2-3-4-5-6-7-8-9-10-11-12-13-14-15-16-17-18-19-20-21-22-27(31)35-24-26-29(33)28(32)25(30)23-34-26/h26,28-29,32-33H,2-24H2,1H3/t26-,28-,29-/m1/s1. The molecular formula is C29H54O6. The van der Waals surface area contributed by atoms with Crippen molar-refractivity contribution < 1.29 is 29.3 Å². The summed E-state index contributed by atoms with van der Waals surface area (Å²) < 4.78 is 10.3. The lowest BCUT2D eigenvalue weighted by Gasteiger charge is -2.30. The Kier molecular flexibility index (Phi) is 20.4. The van der Waals surface area contributed by atoms with E-state index in [4.69, 9.17) is 9.47 Å². The molecule has 1 fully saturated rings. The molecule has 0 aromatic heterocycles. The number of hydrogen-bond donors (Lipinski definition) is 2. The number of carbonyl (C=O) groups is 2. The Morgan fingerprint density at radius 3 is 1.57 bits per heavy atom. The third-order valence-corrected chi connectivity index (χ3v) is 7.12. The van der Waals surface area contributed by atoms with E-state index in [-0.39, 0.29) is 19.2 Å². The molecule has 0 saturated carbocycles. The first kappa shape index (κ1) is 32.0. The van der Waals surface area contributed by atoms with Crippen molar-refractivity contribution in [3.8, 4) is 0 Å². The number of aliphatic hydroxyl groups is 2. The zero-order valence-electron chi connectivity index (χ0n) is 22.5. The van der Waals surface area contributed by atoms with E-state index in [1.54, 1.807) is 0 Å². The van der Waals surface area contributed by atoms with Gasteiger partial charge in [0, 0.05) is 6.42 Å². The van der Waals surface area contributed by atoms with Crippen LogP contribution < -0.4 is 0 Å². The second kappa shape index (κ2) is 22.2. The van der Waals surface area contributed by atoms with Gasteiger partial charge in [0.05, 0.1) is 0 Å². The molecule has 0 aromatic rings. The molecule has 3 atom stereocenters. The molecule has 35 heavy (non-hydrogen) atoms. The van der Waals surface area contributed by atoms with E-state index in [1.165, 1.54) is 109 Å². The molecule has 1 aliphatic heterocycles. The summed E-state index contributed by atoms with van der Waals surface area (Å²) in [5.41, 5.74) is 0. The van der Waals surface area contributed by atoms with Crippen LogP contribution in [-0.2, 0) is 19.1 Å². The molecule has 0 amide bonds. The summed E-state index contributed by atoms with van der Waals surface area (Å²) in [5.74, 6) is -0.876. The maximum absolute atomic E-state index is 11.8. The summed E-state index contributed by atoms with van der Waals surface area (Å²) in [7, 11) is 0. The van der Waals surface area contributed by atoms with Gasteiger partial charge in [0.1, 0.15) is 31.5 Å². The average Bonchev–Trinajstić information content (AvgIpc) is 2.85. The Hall–Kier alpha value is -0.980. The predicted octanol–water partition coefficient (Wildman–Crippen LogP) is 6.43. The minimum atomic E-state index is -1.46. The Labute approximate surface area is 214 Å². The van der Waals surface area contributed by atoms with Gasteiger partial charge in [0.25, 0.3) is 0 Å². The molecule has 0 radical (unpaired) electrons. The number of unbranched alkanes of at least 4 members (excludes halogenated alkanes) is 19. The average molecular weight is 499 g/mol. The molecular weight excluding hydrogens is 444 g/mol. The highest BCUT2D eigenvalue weighted by molar-refractivity contribution is 5.85. The van der Waals surface area contributed by atoms with Gasteiger partial charge < -0.3 is 19.7 Å². The summed E-state index contributed by atoms with van der Waals surface area (Å²) in [4.78, 5) is 23.1. The molecule has 1 aliphatic rings. The van der Waals surface area contributed by atoms with E-state index < -0.39 is 24.1 Å². The number of ether oxygens (including phenoxy) is 2. The van der Waals surface area contributed by atoms with E-state index in [0.717, 1.165) is 19.3 Å². The summed E-state index contributed by atoms with van der Waals surface area (Å²) in [6.45, 7) is 1.88. The van der Waals surface area contributed by atoms with Gasteiger partial charge in [-0.05, 0) is 6.42 Å². The molecule has 206 valence electrons. The first-order valence-electron chi connectivity index (χ1n) is 14.7. The molecule has 0 aliphatic carbocycles. The minimum Gasteiger partial charge on any atom is -0.463 e. The highest BCUT2D eigenvalue weighted by atomic mass is 16.6. The largest absolute Gasteiger partial charge is 0.463 e. The second-order valence-electron chi connectivity index (χ2n) is 10.4. The van der Waals surface area contributed by atoms with Crippen LogP contribution in [0.25, 0.3) is 0 Å². The number of Topliss-reactive ketones (excluding diaryl/α,β-unsaturated/α-hetero) is 1. The van der Waals surface area contributed by atoms with Gasteiger partial charge in [-0.25, -0.2) is 0 Å². The smallest absolute Gasteiger partial charge is 0.305 e. The van der Waals surface area contributed by atoms with Gasteiger partial charge in [-0.15, -0.1) is 0 Å². The molecule has 6 nitrogen and oxygen atoms in total. The Morgan fingerprint density at radius 2 is 1.14 bits per heavy atom. The fraction of sp³-hybridized carbons (Fsp3) is 0.931. The second-order valence-corrected chi connectivity index (χ2v) is 10.4. The quantitative estimate of drug-likeness (QED) is 0.124. The van der Waals surface area contributed by atoms with Crippen LogP contribution in [-0.4, -0.2) is 53.5 Å². The third-order valence-electron chi connectivity index (χ3n) is 7.12. The Balaban J connectivity index is 1.77. The highest BCUT2D eigenvalue weighted by Gasteiger charge is 2.37. The molecule has 0 aromatic carbocycles. The third kappa shape index (κ3) is 17.2. The molecule has 1 heterocycles. The van der Waals surface area contributed by atoms with Crippen molar-refractivity contribution in [2.24, 2.45) is 0 Å². The van der Waals surface area contributed by atoms with Crippen molar-refractivity contribution in [2.45, 2.75) is 160 Å². The number of carbonyl (C=O) groups excluding carboxylic acids is 2. The van der Waals surface area contributed by atoms with Crippen molar-refractivity contribution in [2.75, 3.05) is 13.2 Å². The topological polar surface area (TPSA) is 93.1 Å². The van der Waals surface area contributed by atoms with E-state index in [9.17, 15) is 19.8 Å². The minimum absolute atomic E-state index is 0.135. The Morgan fingerprint density at radius 1 is 0.743 bits per heavy atom. The van der Waals surface area contributed by atoms with Gasteiger partial charge >= 0.3 is 5.97 Å². The van der Waals surface area contributed by atoms with Crippen molar-refractivity contribution in [1.82, 2.24) is 0 Å². The van der Waals surface area contributed by atoms with Gasteiger partial charge in [0.2, 0.25) is 0 Å². The lowest BCUT2D eigenvalue weighted by atomic mass is 10.0. The summed E-state index contributed by atoms with van der Waals surface area (Å²) in [6.07, 6.45) is 23.1. The first-order valence-corrected chi connectivity index (χ1v) is 14.7. The maximum atomic E-state index is 11.8. The van der Waals surface area contributed by atoms with E-state index in [2.05, 4.69) is 6.92 Å². The van der Waals surface area contributed by atoms with Crippen molar-refractivity contribution in [3.05, 3.63) is 0 Å². The van der Waals surface area contributed by atoms with Crippen LogP contribution >= 0.6 is 0 Å². The van der Waals surface area contributed by atoms with Crippen molar-refractivity contribution in [3.63, 3.8) is 0 Å². The van der Waals surface area contributed by atoms with Crippen molar-refractivity contribution in [1.29, 1.82) is 0 Å². The number of aliphatic hydroxyl groups excluding tert-OH is 2.